The van der Waals surface area contributed by atoms with Gasteiger partial charge in [-0.2, -0.15) is 0 Å². The highest BCUT2D eigenvalue weighted by atomic mass is 31.1. The van der Waals surface area contributed by atoms with Crippen LogP contribution in [-0.2, 0) is 26.2 Å². The van der Waals surface area contributed by atoms with Gasteiger partial charge in [-0.15, -0.1) is 0 Å². The quantitative estimate of drug-likeness (QED) is 0.509. The Morgan fingerprint density at radius 2 is 1.04 bits per heavy atom. The van der Waals surface area contributed by atoms with Crippen LogP contribution in [0.3, 0.4) is 0 Å². The maximum atomic E-state index is 11.3. The lowest BCUT2D eigenvalue weighted by Crippen LogP contribution is -2.32. The number of rotatable bonds is 2. The molecule has 1 rings (SSSR count). The van der Waals surface area contributed by atoms with Crippen LogP contribution in [0.25, 0.3) is 0 Å². The summed E-state index contributed by atoms with van der Waals surface area (Å²) >= 11 is 0. The standard InChI is InChI=1S/C22H37O2P/c1-19(2,3)14-13-15(24-25-23)17(21(7,8)9)18(22(10,11)12)16(14)20(4,5)6/h13H,1-12H3. The maximum absolute atomic E-state index is 11.3. The summed E-state index contributed by atoms with van der Waals surface area (Å²) < 4.78 is 17.0. The van der Waals surface area contributed by atoms with Crippen LogP contribution in [0.2, 0.25) is 0 Å². The van der Waals surface area contributed by atoms with Gasteiger partial charge in [-0.3, -0.25) is 0 Å². The summed E-state index contributed by atoms with van der Waals surface area (Å²) in [7, 11) is -0.305. The Bertz CT molecular complexity index is 645. The van der Waals surface area contributed by atoms with Gasteiger partial charge < -0.3 is 4.52 Å². The summed E-state index contributed by atoms with van der Waals surface area (Å²) in [5.74, 6) is 0.743. The smallest absolute Gasteiger partial charge is 0.395 e. The van der Waals surface area contributed by atoms with Crippen molar-refractivity contribution in [1.82, 2.24) is 0 Å². The van der Waals surface area contributed by atoms with E-state index in [1.165, 1.54) is 22.3 Å². The van der Waals surface area contributed by atoms with E-state index in [1.54, 1.807) is 0 Å². The first-order chi connectivity index (χ1) is 10.9. The fraction of sp³-hybridized carbons (Fsp3) is 0.727. The van der Waals surface area contributed by atoms with Gasteiger partial charge in [0.05, 0.1) is 0 Å². The van der Waals surface area contributed by atoms with Gasteiger partial charge in [-0.05, 0) is 44.4 Å². The fourth-order valence-corrected chi connectivity index (χ4v) is 3.86. The SMILES string of the molecule is CC(C)(C)c1cc(OP=O)c(C(C)(C)C)c(C(C)(C)C)c1C(C)(C)C. The predicted octanol–water partition coefficient (Wildman–Crippen LogP) is 7.46. The Morgan fingerprint density at radius 1 is 0.640 bits per heavy atom. The first-order valence-electron chi connectivity index (χ1n) is 9.15. The molecular formula is C22H37O2P. The molecule has 0 radical (unpaired) electrons. The van der Waals surface area contributed by atoms with Gasteiger partial charge in [-0.25, -0.2) is 4.57 Å². The number of hydrogen-bond donors (Lipinski definition) is 0. The highest BCUT2D eigenvalue weighted by molar-refractivity contribution is 7.17. The van der Waals surface area contributed by atoms with E-state index in [2.05, 4.69) is 89.2 Å². The second-order valence-electron chi connectivity index (χ2n) is 11.2. The summed E-state index contributed by atoms with van der Waals surface area (Å²) in [5, 5.41) is 0. The van der Waals surface area contributed by atoms with Crippen molar-refractivity contribution in [2.75, 3.05) is 0 Å². The molecule has 0 aliphatic heterocycles. The molecule has 1 aromatic rings. The minimum atomic E-state index is -0.305. The van der Waals surface area contributed by atoms with Gasteiger partial charge >= 0.3 is 8.69 Å². The maximum Gasteiger partial charge on any atom is 0.395 e. The highest BCUT2D eigenvalue weighted by Crippen LogP contribution is 2.49. The van der Waals surface area contributed by atoms with Gasteiger partial charge in [-0.1, -0.05) is 83.1 Å². The van der Waals surface area contributed by atoms with E-state index < -0.39 is 0 Å². The molecule has 0 saturated heterocycles. The number of benzene rings is 1. The third-order valence-electron chi connectivity index (χ3n) is 4.48. The lowest BCUT2D eigenvalue weighted by Gasteiger charge is -2.41. The minimum Gasteiger partial charge on any atom is -0.407 e. The number of hydrogen-bond acceptors (Lipinski definition) is 2. The van der Waals surface area contributed by atoms with Crippen molar-refractivity contribution in [3.05, 3.63) is 28.3 Å². The lowest BCUT2D eigenvalue weighted by atomic mass is 9.64. The zero-order chi connectivity index (χ0) is 20.0. The third-order valence-corrected chi connectivity index (χ3v) is 4.76. The third kappa shape index (κ3) is 4.85. The molecule has 1 aromatic carbocycles. The Morgan fingerprint density at radius 3 is 1.32 bits per heavy atom. The van der Waals surface area contributed by atoms with Crippen LogP contribution in [0.1, 0.15) is 105 Å². The molecule has 0 aliphatic rings. The molecular weight excluding hydrogens is 327 g/mol. The summed E-state index contributed by atoms with van der Waals surface area (Å²) in [6, 6.07) is 2.13. The summed E-state index contributed by atoms with van der Waals surface area (Å²) in [6.07, 6.45) is 0. The van der Waals surface area contributed by atoms with Crippen molar-refractivity contribution in [3.63, 3.8) is 0 Å². The van der Waals surface area contributed by atoms with Crippen LogP contribution in [0, 0.1) is 0 Å². The predicted molar refractivity (Wildman–Crippen MR) is 109 cm³/mol. The van der Waals surface area contributed by atoms with E-state index in [0.29, 0.717) is 0 Å². The Balaban J connectivity index is 4.27. The largest absolute Gasteiger partial charge is 0.407 e. The van der Waals surface area contributed by atoms with Gasteiger partial charge in [0.15, 0.2) is 0 Å². The summed E-state index contributed by atoms with van der Waals surface area (Å²) in [4.78, 5) is 0. The van der Waals surface area contributed by atoms with E-state index in [1.807, 2.05) is 0 Å². The lowest BCUT2D eigenvalue weighted by molar-refractivity contribution is 0.455. The van der Waals surface area contributed by atoms with E-state index in [9.17, 15) is 4.57 Å². The minimum absolute atomic E-state index is 0.00106. The summed E-state index contributed by atoms with van der Waals surface area (Å²) in [6.45, 7) is 27.0. The van der Waals surface area contributed by atoms with E-state index >= 15 is 0 Å². The van der Waals surface area contributed by atoms with Crippen molar-refractivity contribution < 1.29 is 9.09 Å². The molecule has 0 atom stereocenters. The molecule has 0 spiro atoms. The van der Waals surface area contributed by atoms with Crippen molar-refractivity contribution in [1.29, 1.82) is 0 Å². The monoisotopic (exact) mass is 364 g/mol. The molecule has 3 heteroatoms. The molecule has 0 saturated carbocycles. The molecule has 0 aliphatic carbocycles. The van der Waals surface area contributed by atoms with Crippen LogP contribution < -0.4 is 4.52 Å². The van der Waals surface area contributed by atoms with E-state index in [-0.39, 0.29) is 30.3 Å². The second kappa shape index (κ2) is 6.69. The van der Waals surface area contributed by atoms with Crippen LogP contribution in [0.5, 0.6) is 5.75 Å². The average Bonchev–Trinajstić information content (AvgIpc) is 2.32. The molecule has 0 amide bonds. The van der Waals surface area contributed by atoms with Gasteiger partial charge in [0.25, 0.3) is 0 Å². The van der Waals surface area contributed by atoms with Crippen LogP contribution >= 0.6 is 8.69 Å². The molecule has 0 heterocycles. The topological polar surface area (TPSA) is 26.3 Å². The zero-order valence-electron chi connectivity index (χ0n) is 18.3. The average molecular weight is 365 g/mol. The van der Waals surface area contributed by atoms with Gasteiger partial charge in [0.1, 0.15) is 5.75 Å². The molecule has 2 nitrogen and oxygen atoms in total. The second-order valence-corrected chi connectivity index (χ2v) is 11.5. The van der Waals surface area contributed by atoms with Crippen molar-refractivity contribution in [2.45, 2.75) is 105 Å². The Hall–Kier alpha value is -0.880. The fourth-order valence-electron chi connectivity index (χ4n) is 3.64. The highest BCUT2D eigenvalue weighted by Gasteiger charge is 2.38. The van der Waals surface area contributed by atoms with Crippen molar-refractivity contribution in [2.24, 2.45) is 0 Å². The molecule has 25 heavy (non-hydrogen) atoms. The van der Waals surface area contributed by atoms with Gasteiger partial charge in [0.2, 0.25) is 0 Å². The molecule has 142 valence electrons. The Labute approximate surface area is 157 Å². The van der Waals surface area contributed by atoms with E-state index in [0.717, 1.165) is 5.75 Å². The molecule has 0 fully saturated rings. The summed E-state index contributed by atoms with van der Waals surface area (Å²) in [5.41, 5.74) is 4.97. The molecule has 0 aromatic heterocycles. The first-order valence-corrected chi connectivity index (χ1v) is 9.88. The molecule has 0 unspecified atom stereocenters. The van der Waals surface area contributed by atoms with Crippen LogP contribution in [-0.4, -0.2) is 0 Å². The first kappa shape index (κ1) is 22.2. The van der Waals surface area contributed by atoms with Crippen LogP contribution in [0.15, 0.2) is 6.07 Å². The Kier molecular flexibility index (Phi) is 5.93. The molecule has 0 N–H and O–H groups in total. The molecule has 0 bridgehead atoms. The van der Waals surface area contributed by atoms with Gasteiger partial charge in [0, 0.05) is 5.56 Å². The zero-order valence-corrected chi connectivity index (χ0v) is 19.2. The van der Waals surface area contributed by atoms with Crippen molar-refractivity contribution >= 4 is 8.69 Å². The van der Waals surface area contributed by atoms with E-state index in [4.69, 9.17) is 4.52 Å². The van der Waals surface area contributed by atoms with Crippen molar-refractivity contribution in [3.8, 4) is 5.75 Å². The van der Waals surface area contributed by atoms with Crippen LogP contribution in [0.4, 0.5) is 0 Å². The normalized spacial score (nSPS) is 14.1.